The van der Waals surface area contributed by atoms with E-state index in [9.17, 15) is 0 Å². The molecule has 0 unspecified atom stereocenters. The van der Waals surface area contributed by atoms with E-state index in [0.717, 1.165) is 10.6 Å². The predicted molar refractivity (Wildman–Crippen MR) is 163 cm³/mol. The Hall–Kier alpha value is -4.40. The van der Waals surface area contributed by atoms with Crippen LogP contribution in [-0.2, 0) is 0 Å². The summed E-state index contributed by atoms with van der Waals surface area (Å²) in [7, 11) is 0. The van der Waals surface area contributed by atoms with E-state index in [1.807, 2.05) is 11.3 Å². The fraction of sp³-hybridized carbons (Fsp3) is 0.0286. The lowest BCUT2D eigenvalue weighted by atomic mass is 10.0. The molecule has 0 fully saturated rings. The van der Waals surface area contributed by atoms with Crippen LogP contribution < -0.4 is 10.6 Å². The van der Waals surface area contributed by atoms with Crippen molar-refractivity contribution in [2.75, 3.05) is 0 Å². The summed E-state index contributed by atoms with van der Waals surface area (Å²) in [6.45, 7) is 6.67. The molecule has 0 radical (unpaired) electrons. The van der Waals surface area contributed by atoms with Crippen molar-refractivity contribution in [1.29, 1.82) is 0 Å². The Morgan fingerprint density at radius 2 is 1.49 bits per heavy atom. The van der Waals surface area contributed by atoms with Crippen molar-refractivity contribution in [3.05, 3.63) is 119 Å². The third-order valence-electron chi connectivity index (χ3n) is 7.88. The lowest BCUT2D eigenvalue weighted by molar-refractivity contribution is 1.22. The number of allylic oxidation sites excluding steroid dienone is 2. The number of para-hydroxylation sites is 2. The minimum Gasteiger partial charge on any atom is -0.308 e. The van der Waals surface area contributed by atoms with E-state index in [1.165, 1.54) is 69.3 Å². The number of hydrogen-bond acceptors (Lipinski definition) is 1. The van der Waals surface area contributed by atoms with E-state index in [1.54, 1.807) is 0 Å². The van der Waals surface area contributed by atoms with Crippen LogP contribution in [0.25, 0.3) is 76.4 Å². The van der Waals surface area contributed by atoms with E-state index in [2.05, 4.69) is 127 Å². The molecule has 0 saturated carbocycles. The minimum absolute atomic E-state index is 1.08. The highest BCUT2D eigenvalue weighted by atomic mass is 32.1. The first-order valence-corrected chi connectivity index (χ1v) is 13.5. The van der Waals surface area contributed by atoms with Crippen molar-refractivity contribution in [2.24, 2.45) is 0 Å². The molecule has 5 aromatic carbocycles. The molecule has 0 amide bonds. The zero-order valence-corrected chi connectivity index (χ0v) is 21.3. The van der Waals surface area contributed by atoms with Gasteiger partial charge < -0.3 is 4.40 Å². The molecule has 0 spiro atoms. The number of nitrogens with zero attached hydrogens (tertiary/aromatic N) is 1. The van der Waals surface area contributed by atoms with Crippen molar-refractivity contribution < 1.29 is 0 Å². The molecule has 0 N–H and O–H groups in total. The van der Waals surface area contributed by atoms with Crippen LogP contribution in [0, 0.1) is 0 Å². The van der Waals surface area contributed by atoms with Crippen LogP contribution in [0.5, 0.6) is 0 Å². The largest absolute Gasteiger partial charge is 0.308 e. The summed E-state index contributed by atoms with van der Waals surface area (Å²) in [4.78, 5) is 0. The third-order valence-corrected chi connectivity index (χ3v) is 9.10. The number of rotatable bonds is 2. The fourth-order valence-electron chi connectivity index (χ4n) is 6.02. The Morgan fingerprint density at radius 3 is 2.41 bits per heavy atom. The zero-order chi connectivity index (χ0) is 24.7. The first kappa shape index (κ1) is 20.8. The van der Waals surface area contributed by atoms with Crippen molar-refractivity contribution >= 4 is 87.7 Å². The third kappa shape index (κ3) is 2.85. The van der Waals surface area contributed by atoms with Gasteiger partial charge in [-0.25, -0.2) is 0 Å². The second-order valence-electron chi connectivity index (χ2n) is 9.91. The molecule has 174 valence electrons. The number of fused-ring (bicyclic) bond motifs is 8. The van der Waals surface area contributed by atoms with Gasteiger partial charge in [0.05, 0.1) is 16.4 Å². The molecule has 0 saturated heterocycles. The van der Waals surface area contributed by atoms with Gasteiger partial charge in [0, 0.05) is 41.5 Å². The first-order chi connectivity index (χ1) is 18.2. The molecule has 8 rings (SSSR count). The summed E-state index contributed by atoms with van der Waals surface area (Å²) in [5.41, 5.74) is 4.98. The van der Waals surface area contributed by atoms with Crippen molar-refractivity contribution in [1.82, 2.24) is 4.40 Å². The van der Waals surface area contributed by atoms with Gasteiger partial charge in [0.1, 0.15) is 0 Å². The SMILES string of the molecule is C=c1/c(=C\C=C(/C)c2ccc3c(ccc4c5ccccc5sc34)c2)n2c3ccccc3c3cccc1c32. The van der Waals surface area contributed by atoms with Gasteiger partial charge >= 0.3 is 0 Å². The van der Waals surface area contributed by atoms with Crippen molar-refractivity contribution in [3.63, 3.8) is 0 Å². The summed E-state index contributed by atoms with van der Waals surface area (Å²) in [5.74, 6) is 0. The average Bonchev–Trinajstić information content (AvgIpc) is 3.58. The molecule has 8 aromatic rings. The maximum absolute atomic E-state index is 4.48. The highest BCUT2D eigenvalue weighted by molar-refractivity contribution is 7.26. The Bertz CT molecular complexity index is 2330. The molecule has 0 aliphatic carbocycles. The lowest BCUT2D eigenvalue weighted by Gasteiger charge is -2.05. The molecule has 0 aliphatic heterocycles. The molecular weight excluding hydrogens is 466 g/mol. The van der Waals surface area contributed by atoms with Crippen LogP contribution in [0.15, 0.2) is 103 Å². The smallest absolute Gasteiger partial charge is 0.0620 e. The van der Waals surface area contributed by atoms with Crippen molar-refractivity contribution in [3.8, 4) is 0 Å². The second-order valence-corrected chi connectivity index (χ2v) is 11.0. The monoisotopic (exact) mass is 489 g/mol. The number of benzene rings is 5. The standard InChI is InChI=1S/C35H23NS/c1-21(23-15-17-26-24(20-23)16-18-30-28-9-4-6-13-33(28)37-35(26)30)14-19-31-22(2)25-10-7-11-29-27-8-3-5-12-32(27)36(31)34(25)29/h3-20H,2H2,1H3/b21-14+,31-19+. The number of aromatic nitrogens is 1. The van der Waals surface area contributed by atoms with E-state index in [4.69, 9.17) is 0 Å². The first-order valence-electron chi connectivity index (χ1n) is 12.6. The Kier molecular flexibility index (Phi) is 4.24. The quantitative estimate of drug-likeness (QED) is 0.229. The van der Waals surface area contributed by atoms with Gasteiger partial charge in [-0.15, -0.1) is 11.3 Å². The van der Waals surface area contributed by atoms with Crippen LogP contribution in [0.2, 0.25) is 0 Å². The molecule has 0 bridgehead atoms. The van der Waals surface area contributed by atoms with E-state index < -0.39 is 0 Å². The summed E-state index contributed by atoms with van der Waals surface area (Å²) < 4.78 is 5.10. The molecule has 2 heteroatoms. The molecule has 3 aromatic heterocycles. The predicted octanol–water partition coefficient (Wildman–Crippen LogP) is 8.50. The topological polar surface area (TPSA) is 4.41 Å². The minimum atomic E-state index is 1.08. The van der Waals surface area contributed by atoms with Crippen LogP contribution in [0.1, 0.15) is 12.5 Å². The Morgan fingerprint density at radius 1 is 0.730 bits per heavy atom. The number of thiophene rings is 1. The van der Waals surface area contributed by atoms with Gasteiger partial charge in [-0.05, 0) is 53.1 Å². The van der Waals surface area contributed by atoms with Gasteiger partial charge in [-0.3, -0.25) is 0 Å². The van der Waals surface area contributed by atoms with Gasteiger partial charge in [0.2, 0.25) is 0 Å². The summed E-state index contributed by atoms with van der Waals surface area (Å²) in [5, 5.41) is 11.4. The van der Waals surface area contributed by atoms with E-state index >= 15 is 0 Å². The van der Waals surface area contributed by atoms with Gasteiger partial charge in [-0.2, -0.15) is 0 Å². The Balaban J connectivity index is 1.31. The lowest BCUT2D eigenvalue weighted by Crippen LogP contribution is -2.24. The maximum Gasteiger partial charge on any atom is 0.0620 e. The molecular formula is C35H23NS. The molecule has 0 atom stereocenters. The normalized spacial score (nSPS) is 13.4. The van der Waals surface area contributed by atoms with Crippen LogP contribution in [0.4, 0.5) is 0 Å². The average molecular weight is 490 g/mol. The van der Waals surface area contributed by atoms with Crippen LogP contribution in [0.3, 0.4) is 0 Å². The second kappa shape index (κ2) is 7.55. The van der Waals surface area contributed by atoms with Crippen molar-refractivity contribution in [2.45, 2.75) is 6.92 Å². The fourth-order valence-corrected chi connectivity index (χ4v) is 7.26. The van der Waals surface area contributed by atoms with E-state index in [0.29, 0.717) is 0 Å². The molecule has 3 heterocycles. The highest BCUT2D eigenvalue weighted by Gasteiger charge is 2.14. The summed E-state index contributed by atoms with van der Waals surface area (Å²) >= 11 is 1.89. The Labute approximate surface area is 217 Å². The van der Waals surface area contributed by atoms with E-state index in [-0.39, 0.29) is 0 Å². The number of hydrogen-bond donors (Lipinski definition) is 0. The zero-order valence-electron chi connectivity index (χ0n) is 20.5. The van der Waals surface area contributed by atoms with Gasteiger partial charge in [0.25, 0.3) is 0 Å². The summed E-state index contributed by atoms with van der Waals surface area (Å²) in [6.07, 6.45) is 4.48. The van der Waals surface area contributed by atoms with Gasteiger partial charge in [0.15, 0.2) is 0 Å². The molecule has 37 heavy (non-hydrogen) atoms. The molecule has 0 aliphatic rings. The van der Waals surface area contributed by atoms with Crippen LogP contribution in [-0.4, -0.2) is 4.40 Å². The summed E-state index contributed by atoms with van der Waals surface area (Å²) in [6, 6.07) is 35.3. The maximum atomic E-state index is 4.48. The molecule has 1 nitrogen and oxygen atoms in total. The van der Waals surface area contributed by atoms with Crippen LogP contribution >= 0.6 is 11.3 Å². The highest BCUT2D eigenvalue weighted by Crippen LogP contribution is 2.38. The van der Waals surface area contributed by atoms with Gasteiger partial charge in [-0.1, -0.05) is 91.5 Å².